The second-order valence-electron chi connectivity index (χ2n) is 7.38. The van der Waals surface area contributed by atoms with Crippen molar-refractivity contribution in [2.24, 2.45) is 5.41 Å². The Labute approximate surface area is 144 Å². The molecule has 0 aliphatic carbocycles. The highest BCUT2D eigenvalue weighted by Crippen LogP contribution is 2.19. The van der Waals surface area contributed by atoms with Crippen molar-refractivity contribution in [3.63, 3.8) is 0 Å². The van der Waals surface area contributed by atoms with E-state index >= 15 is 0 Å². The number of benzene rings is 1. The summed E-state index contributed by atoms with van der Waals surface area (Å²) >= 11 is 0. The Kier molecular flexibility index (Phi) is 5.86. The third kappa shape index (κ3) is 4.98. The van der Waals surface area contributed by atoms with Crippen molar-refractivity contribution in [1.29, 1.82) is 0 Å². The summed E-state index contributed by atoms with van der Waals surface area (Å²) < 4.78 is 5.57. The standard InChI is InChI=1S/C19H28N2O3/c1-15-6-8-16(9-7-15)24-14-17(22)20-10-5-11-21(13-12-20)18(23)19(2,3)4/h6-9H,5,10-14H2,1-4H3. The van der Waals surface area contributed by atoms with Gasteiger partial charge in [-0.05, 0) is 25.5 Å². The van der Waals surface area contributed by atoms with Gasteiger partial charge in [-0.1, -0.05) is 38.5 Å². The highest BCUT2D eigenvalue weighted by molar-refractivity contribution is 5.82. The lowest BCUT2D eigenvalue weighted by Gasteiger charge is -2.28. The predicted molar refractivity (Wildman–Crippen MR) is 93.9 cm³/mol. The van der Waals surface area contributed by atoms with Crippen LogP contribution in [-0.4, -0.2) is 54.4 Å². The number of hydrogen-bond donors (Lipinski definition) is 0. The van der Waals surface area contributed by atoms with E-state index in [-0.39, 0.29) is 23.8 Å². The number of nitrogens with zero attached hydrogens (tertiary/aromatic N) is 2. The van der Waals surface area contributed by atoms with Crippen molar-refractivity contribution in [2.75, 3.05) is 32.8 Å². The largest absolute Gasteiger partial charge is 0.484 e. The topological polar surface area (TPSA) is 49.9 Å². The first kappa shape index (κ1) is 18.3. The predicted octanol–water partition coefficient (Wildman–Crippen LogP) is 2.48. The van der Waals surface area contributed by atoms with Gasteiger partial charge in [0.25, 0.3) is 5.91 Å². The third-order valence-electron chi connectivity index (χ3n) is 4.16. The molecule has 0 saturated carbocycles. The van der Waals surface area contributed by atoms with Crippen molar-refractivity contribution in [2.45, 2.75) is 34.1 Å². The molecule has 1 aliphatic rings. The second kappa shape index (κ2) is 7.69. The first-order chi connectivity index (χ1) is 11.3. The van der Waals surface area contributed by atoms with Crippen LogP contribution in [0.2, 0.25) is 0 Å². The van der Waals surface area contributed by atoms with Crippen LogP contribution >= 0.6 is 0 Å². The molecular formula is C19H28N2O3. The summed E-state index contributed by atoms with van der Waals surface area (Å²) in [5, 5.41) is 0. The number of carbonyl (C=O) groups is 2. The summed E-state index contributed by atoms with van der Waals surface area (Å²) in [6.45, 7) is 10.4. The molecule has 0 spiro atoms. The molecule has 1 aromatic rings. The maximum Gasteiger partial charge on any atom is 0.260 e. The van der Waals surface area contributed by atoms with Crippen molar-refractivity contribution < 1.29 is 14.3 Å². The van der Waals surface area contributed by atoms with Gasteiger partial charge in [0.2, 0.25) is 5.91 Å². The highest BCUT2D eigenvalue weighted by Gasteiger charge is 2.29. The van der Waals surface area contributed by atoms with Gasteiger partial charge in [0.15, 0.2) is 6.61 Å². The molecule has 132 valence electrons. The van der Waals surface area contributed by atoms with Crippen LogP contribution in [0.1, 0.15) is 32.8 Å². The third-order valence-corrected chi connectivity index (χ3v) is 4.16. The Bertz CT molecular complexity index is 575. The highest BCUT2D eigenvalue weighted by atomic mass is 16.5. The SMILES string of the molecule is Cc1ccc(OCC(=O)N2CCCN(C(=O)C(C)(C)C)CC2)cc1. The zero-order chi connectivity index (χ0) is 17.7. The van der Waals surface area contributed by atoms with E-state index in [1.165, 1.54) is 0 Å². The molecule has 5 heteroatoms. The fraction of sp³-hybridized carbons (Fsp3) is 0.579. The number of rotatable bonds is 3. The fourth-order valence-electron chi connectivity index (χ4n) is 2.72. The molecule has 1 saturated heterocycles. The number of carbonyl (C=O) groups excluding carboxylic acids is 2. The van der Waals surface area contributed by atoms with Crippen LogP contribution in [0.3, 0.4) is 0 Å². The first-order valence-electron chi connectivity index (χ1n) is 8.54. The number of hydrogen-bond acceptors (Lipinski definition) is 3. The van der Waals surface area contributed by atoms with Gasteiger partial charge in [-0.15, -0.1) is 0 Å². The van der Waals surface area contributed by atoms with Crippen molar-refractivity contribution in [3.05, 3.63) is 29.8 Å². The Hall–Kier alpha value is -2.04. The van der Waals surface area contributed by atoms with Crippen LogP contribution in [0, 0.1) is 12.3 Å². The lowest BCUT2D eigenvalue weighted by atomic mass is 9.94. The maximum atomic E-state index is 12.4. The van der Waals surface area contributed by atoms with Crippen LogP contribution in [0.25, 0.3) is 0 Å². The van der Waals surface area contributed by atoms with Crippen LogP contribution in [-0.2, 0) is 9.59 Å². The van der Waals surface area contributed by atoms with Gasteiger partial charge in [0, 0.05) is 31.6 Å². The Morgan fingerprint density at radius 1 is 1.00 bits per heavy atom. The molecule has 0 radical (unpaired) electrons. The minimum absolute atomic E-state index is 0.0272. The lowest BCUT2D eigenvalue weighted by molar-refractivity contribution is -0.140. The first-order valence-corrected chi connectivity index (χ1v) is 8.54. The summed E-state index contributed by atoms with van der Waals surface area (Å²) in [4.78, 5) is 28.4. The Morgan fingerprint density at radius 3 is 2.21 bits per heavy atom. The molecule has 2 amide bonds. The van der Waals surface area contributed by atoms with Crippen molar-refractivity contribution >= 4 is 11.8 Å². The van der Waals surface area contributed by atoms with E-state index in [1.807, 2.05) is 56.9 Å². The number of aryl methyl sites for hydroxylation is 1. The Balaban J connectivity index is 1.85. The molecule has 1 heterocycles. The van der Waals surface area contributed by atoms with Crippen LogP contribution < -0.4 is 4.74 Å². The molecule has 0 bridgehead atoms. The number of amides is 2. The summed E-state index contributed by atoms with van der Waals surface area (Å²) in [7, 11) is 0. The van der Waals surface area contributed by atoms with Crippen molar-refractivity contribution in [3.8, 4) is 5.75 Å². The zero-order valence-electron chi connectivity index (χ0n) is 15.2. The smallest absolute Gasteiger partial charge is 0.260 e. The molecule has 0 aromatic heterocycles. The zero-order valence-corrected chi connectivity index (χ0v) is 15.2. The van der Waals surface area contributed by atoms with Gasteiger partial charge >= 0.3 is 0 Å². The molecule has 0 N–H and O–H groups in total. The van der Waals surface area contributed by atoms with Crippen molar-refractivity contribution in [1.82, 2.24) is 9.80 Å². The minimum atomic E-state index is -0.381. The Morgan fingerprint density at radius 2 is 1.58 bits per heavy atom. The van der Waals surface area contributed by atoms with Crippen LogP contribution in [0.5, 0.6) is 5.75 Å². The quantitative estimate of drug-likeness (QED) is 0.854. The van der Waals surface area contributed by atoms with E-state index in [1.54, 1.807) is 4.90 Å². The van der Waals surface area contributed by atoms with E-state index in [4.69, 9.17) is 4.74 Å². The normalized spacial score (nSPS) is 15.8. The molecule has 0 atom stereocenters. The van der Waals surface area contributed by atoms with Crippen LogP contribution in [0.4, 0.5) is 0 Å². The molecule has 1 aromatic carbocycles. The van der Waals surface area contributed by atoms with E-state index in [9.17, 15) is 9.59 Å². The maximum absolute atomic E-state index is 12.4. The van der Waals surface area contributed by atoms with E-state index in [0.717, 1.165) is 12.0 Å². The van der Waals surface area contributed by atoms with Gasteiger partial charge in [0.05, 0.1) is 0 Å². The van der Waals surface area contributed by atoms with Gasteiger partial charge < -0.3 is 14.5 Å². The van der Waals surface area contributed by atoms with E-state index < -0.39 is 0 Å². The van der Waals surface area contributed by atoms with Gasteiger partial charge in [-0.25, -0.2) is 0 Å². The molecule has 1 aliphatic heterocycles. The van der Waals surface area contributed by atoms with E-state index in [2.05, 4.69) is 0 Å². The molecule has 0 unspecified atom stereocenters. The molecule has 1 fully saturated rings. The molecule has 24 heavy (non-hydrogen) atoms. The van der Waals surface area contributed by atoms with Gasteiger partial charge in [-0.2, -0.15) is 0 Å². The summed E-state index contributed by atoms with van der Waals surface area (Å²) in [5.74, 6) is 0.821. The average Bonchev–Trinajstić information content (AvgIpc) is 2.78. The minimum Gasteiger partial charge on any atom is -0.484 e. The van der Waals surface area contributed by atoms with E-state index in [0.29, 0.717) is 31.9 Å². The summed E-state index contributed by atoms with van der Waals surface area (Å²) in [6.07, 6.45) is 0.804. The fourth-order valence-corrected chi connectivity index (χ4v) is 2.72. The molecule has 2 rings (SSSR count). The summed E-state index contributed by atoms with van der Waals surface area (Å²) in [5.41, 5.74) is 0.776. The monoisotopic (exact) mass is 332 g/mol. The van der Waals surface area contributed by atoms with Gasteiger partial charge in [-0.3, -0.25) is 9.59 Å². The molecular weight excluding hydrogens is 304 g/mol. The van der Waals surface area contributed by atoms with Gasteiger partial charge in [0.1, 0.15) is 5.75 Å². The van der Waals surface area contributed by atoms with Crippen LogP contribution in [0.15, 0.2) is 24.3 Å². The second-order valence-corrected chi connectivity index (χ2v) is 7.38. The lowest BCUT2D eigenvalue weighted by Crippen LogP contribution is -2.42. The molecule has 5 nitrogen and oxygen atoms in total. The number of ether oxygens (including phenoxy) is 1. The summed E-state index contributed by atoms with van der Waals surface area (Å²) in [6, 6.07) is 7.66. The average molecular weight is 332 g/mol.